The molecular formula is C19H23N3O3. The zero-order valence-corrected chi connectivity index (χ0v) is 14.7. The molecule has 3 rings (SSSR count). The van der Waals surface area contributed by atoms with Crippen molar-refractivity contribution in [2.45, 2.75) is 39.2 Å². The lowest BCUT2D eigenvalue weighted by atomic mass is 10.1. The summed E-state index contributed by atoms with van der Waals surface area (Å²) in [5.74, 6) is 1.35. The third kappa shape index (κ3) is 3.74. The Labute approximate surface area is 146 Å². The third-order valence-corrected chi connectivity index (χ3v) is 3.71. The molecule has 0 bridgehead atoms. The first kappa shape index (κ1) is 17.2. The predicted molar refractivity (Wildman–Crippen MR) is 96.0 cm³/mol. The Morgan fingerprint density at radius 1 is 1.24 bits per heavy atom. The first-order valence-electron chi connectivity index (χ1n) is 8.39. The van der Waals surface area contributed by atoms with Crippen molar-refractivity contribution in [3.63, 3.8) is 0 Å². The molecule has 0 spiro atoms. The Kier molecular flexibility index (Phi) is 4.63. The highest BCUT2D eigenvalue weighted by Crippen LogP contribution is 2.24. The molecule has 0 saturated carbocycles. The number of amides is 1. The molecule has 25 heavy (non-hydrogen) atoms. The lowest BCUT2D eigenvalue weighted by Crippen LogP contribution is -2.40. The highest BCUT2D eigenvalue weighted by Gasteiger charge is 2.20. The molecule has 6 heteroatoms. The van der Waals surface area contributed by atoms with E-state index >= 15 is 0 Å². The fourth-order valence-corrected chi connectivity index (χ4v) is 2.70. The molecule has 2 N–H and O–H groups in total. The summed E-state index contributed by atoms with van der Waals surface area (Å²) in [6, 6.07) is 11.2. The van der Waals surface area contributed by atoms with Gasteiger partial charge in [-0.25, -0.2) is 4.98 Å². The Morgan fingerprint density at radius 3 is 2.72 bits per heavy atom. The number of carbonyl (C=O) groups is 1. The zero-order chi connectivity index (χ0) is 18.0. The molecule has 0 aliphatic heterocycles. The topological polar surface area (TPSA) is 80.3 Å². The van der Waals surface area contributed by atoms with Crippen molar-refractivity contribution in [2.24, 2.45) is 0 Å². The van der Waals surface area contributed by atoms with Crippen molar-refractivity contribution < 1.29 is 14.3 Å². The normalized spacial score (nSPS) is 11.8. The van der Waals surface area contributed by atoms with Crippen molar-refractivity contribution in [2.75, 3.05) is 6.61 Å². The zero-order valence-electron chi connectivity index (χ0n) is 14.7. The second kappa shape index (κ2) is 6.72. The first-order valence-corrected chi connectivity index (χ1v) is 8.39. The van der Waals surface area contributed by atoms with Crippen LogP contribution in [0.2, 0.25) is 0 Å². The molecule has 1 amide bonds. The summed E-state index contributed by atoms with van der Waals surface area (Å²) in [7, 11) is 0. The lowest BCUT2D eigenvalue weighted by molar-refractivity contribution is 0.0891. The van der Waals surface area contributed by atoms with Crippen LogP contribution in [0, 0.1) is 0 Å². The number of aromatic nitrogens is 2. The fourth-order valence-electron chi connectivity index (χ4n) is 2.70. The number of nitrogens with zero attached hydrogens (tertiary/aromatic N) is 2. The van der Waals surface area contributed by atoms with Gasteiger partial charge >= 0.3 is 0 Å². The van der Waals surface area contributed by atoms with Gasteiger partial charge in [0.15, 0.2) is 5.76 Å². The summed E-state index contributed by atoms with van der Waals surface area (Å²) in [6.45, 7) is 5.86. The van der Waals surface area contributed by atoms with Crippen LogP contribution < -0.4 is 5.32 Å². The van der Waals surface area contributed by atoms with Crippen LogP contribution in [-0.2, 0) is 6.42 Å². The number of nitrogens with one attached hydrogen (secondary N) is 1. The molecule has 3 aromatic rings. The van der Waals surface area contributed by atoms with E-state index in [9.17, 15) is 4.79 Å². The van der Waals surface area contributed by atoms with Crippen LogP contribution in [0.5, 0.6) is 0 Å². The number of carbonyl (C=O) groups excluding carboxylic acids is 1. The van der Waals surface area contributed by atoms with Gasteiger partial charge in [-0.05, 0) is 45.4 Å². The summed E-state index contributed by atoms with van der Waals surface area (Å²) >= 11 is 0. The van der Waals surface area contributed by atoms with E-state index in [2.05, 4.69) is 10.3 Å². The van der Waals surface area contributed by atoms with Crippen LogP contribution in [0.15, 0.2) is 40.8 Å². The standard InChI is InChI=1S/C19H23N3O3/c1-19(2,3)21-18(24)15-10-11-17(25-15)22-14-8-5-4-7-13(14)20-16(22)9-6-12-23/h4-5,7-8,10-11,23H,6,9,12H2,1-3H3,(H,21,24). The van der Waals surface area contributed by atoms with E-state index in [0.717, 1.165) is 16.9 Å². The van der Waals surface area contributed by atoms with Crippen molar-refractivity contribution in [1.29, 1.82) is 0 Å². The number of benzene rings is 1. The maximum absolute atomic E-state index is 12.3. The van der Waals surface area contributed by atoms with E-state index in [-0.39, 0.29) is 23.8 Å². The smallest absolute Gasteiger partial charge is 0.287 e. The number of rotatable bonds is 5. The van der Waals surface area contributed by atoms with E-state index in [0.29, 0.717) is 18.7 Å². The summed E-state index contributed by atoms with van der Waals surface area (Å²) in [5, 5.41) is 12.0. The first-order chi connectivity index (χ1) is 11.9. The number of imidazole rings is 1. The molecule has 0 radical (unpaired) electrons. The highest BCUT2D eigenvalue weighted by molar-refractivity contribution is 5.92. The summed E-state index contributed by atoms with van der Waals surface area (Å²) < 4.78 is 7.71. The number of fused-ring (bicyclic) bond motifs is 1. The van der Waals surface area contributed by atoms with Gasteiger partial charge in [-0.1, -0.05) is 12.1 Å². The lowest BCUT2D eigenvalue weighted by Gasteiger charge is -2.19. The SMILES string of the molecule is CC(C)(C)NC(=O)c1ccc(-n2c(CCCO)nc3ccccc32)o1. The molecule has 6 nitrogen and oxygen atoms in total. The van der Waals surface area contributed by atoms with Crippen LogP contribution in [0.1, 0.15) is 43.6 Å². The predicted octanol–water partition coefficient (Wildman–Crippen LogP) is 3.07. The monoisotopic (exact) mass is 341 g/mol. The number of hydrogen-bond acceptors (Lipinski definition) is 4. The summed E-state index contributed by atoms with van der Waals surface area (Å²) in [5.41, 5.74) is 1.43. The molecule has 0 aliphatic carbocycles. The van der Waals surface area contributed by atoms with Gasteiger partial charge in [0.2, 0.25) is 5.88 Å². The van der Waals surface area contributed by atoms with Gasteiger partial charge < -0.3 is 14.8 Å². The third-order valence-electron chi connectivity index (χ3n) is 3.71. The number of hydrogen-bond donors (Lipinski definition) is 2. The van der Waals surface area contributed by atoms with E-state index in [1.54, 1.807) is 12.1 Å². The molecule has 0 saturated heterocycles. The van der Waals surface area contributed by atoms with E-state index in [1.807, 2.05) is 49.6 Å². The second-order valence-electron chi connectivity index (χ2n) is 7.02. The van der Waals surface area contributed by atoms with E-state index < -0.39 is 0 Å². The van der Waals surface area contributed by atoms with Gasteiger partial charge in [-0.2, -0.15) is 0 Å². The highest BCUT2D eigenvalue weighted by atomic mass is 16.4. The Bertz CT molecular complexity index is 887. The average Bonchev–Trinajstić information content (AvgIpc) is 3.15. The van der Waals surface area contributed by atoms with Crippen molar-refractivity contribution in [3.05, 3.63) is 48.0 Å². The van der Waals surface area contributed by atoms with Crippen LogP contribution in [0.3, 0.4) is 0 Å². The Hall–Kier alpha value is -2.60. The number of aryl methyl sites for hydroxylation is 1. The molecule has 2 aromatic heterocycles. The molecule has 0 unspecified atom stereocenters. The van der Waals surface area contributed by atoms with Crippen LogP contribution in [-0.4, -0.2) is 32.7 Å². The van der Waals surface area contributed by atoms with Gasteiger partial charge in [-0.3, -0.25) is 9.36 Å². The summed E-state index contributed by atoms with van der Waals surface area (Å²) in [4.78, 5) is 16.9. The minimum Gasteiger partial charge on any atom is -0.435 e. The average molecular weight is 341 g/mol. The van der Waals surface area contributed by atoms with Gasteiger partial charge in [-0.15, -0.1) is 0 Å². The molecule has 2 heterocycles. The second-order valence-corrected chi connectivity index (χ2v) is 7.02. The van der Waals surface area contributed by atoms with Crippen molar-refractivity contribution in [1.82, 2.24) is 14.9 Å². The van der Waals surface area contributed by atoms with Crippen LogP contribution in [0.25, 0.3) is 16.9 Å². The van der Waals surface area contributed by atoms with Crippen LogP contribution >= 0.6 is 0 Å². The molecule has 1 aromatic carbocycles. The Morgan fingerprint density at radius 2 is 2.00 bits per heavy atom. The number of aliphatic hydroxyl groups is 1. The minimum absolute atomic E-state index is 0.0978. The fraction of sp³-hybridized carbons (Fsp3) is 0.368. The quantitative estimate of drug-likeness (QED) is 0.747. The van der Waals surface area contributed by atoms with Gasteiger partial charge in [0.05, 0.1) is 11.0 Å². The molecular weight excluding hydrogens is 318 g/mol. The van der Waals surface area contributed by atoms with Crippen LogP contribution in [0.4, 0.5) is 0 Å². The number of furan rings is 1. The molecule has 132 valence electrons. The summed E-state index contributed by atoms with van der Waals surface area (Å²) in [6.07, 6.45) is 1.23. The molecule has 0 fully saturated rings. The van der Waals surface area contributed by atoms with Crippen molar-refractivity contribution in [3.8, 4) is 5.88 Å². The largest absolute Gasteiger partial charge is 0.435 e. The Balaban J connectivity index is 2.00. The number of aliphatic hydroxyl groups excluding tert-OH is 1. The maximum Gasteiger partial charge on any atom is 0.287 e. The van der Waals surface area contributed by atoms with Crippen molar-refractivity contribution >= 4 is 16.9 Å². The van der Waals surface area contributed by atoms with Gasteiger partial charge in [0.25, 0.3) is 5.91 Å². The molecule has 0 aliphatic rings. The maximum atomic E-state index is 12.3. The molecule has 0 atom stereocenters. The van der Waals surface area contributed by atoms with Gasteiger partial charge in [0, 0.05) is 24.6 Å². The minimum atomic E-state index is -0.335. The number of para-hydroxylation sites is 2. The van der Waals surface area contributed by atoms with E-state index in [1.165, 1.54) is 0 Å². The van der Waals surface area contributed by atoms with Gasteiger partial charge in [0.1, 0.15) is 5.82 Å². The van der Waals surface area contributed by atoms with E-state index in [4.69, 9.17) is 9.52 Å².